The molecule has 0 aromatic rings. The highest BCUT2D eigenvalue weighted by Gasteiger charge is 2.32. The van der Waals surface area contributed by atoms with Crippen molar-refractivity contribution in [3.63, 3.8) is 0 Å². The quantitative estimate of drug-likeness (QED) is 0.841. The number of hydrogen-bond donors (Lipinski definition) is 1. The fourth-order valence-corrected chi connectivity index (χ4v) is 2.08. The Labute approximate surface area is 97.6 Å². The third-order valence-electron chi connectivity index (χ3n) is 2.36. The van der Waals surface area contributed by atoms with Crippen molar-refractivity contribution in [1.82, 2.24) is 4.90 Å². The Morgan fingerprint density at radius 3 is 2.59 bits per heavy atom. The topological polar surface area (TPSA) is 63.4 Å². The summed E-state index contributed by atoms with van der Waals surface area (Å²) in [6.07, 6.45) is -1.21. The van der Waals surface area contributed by atoms with E-state index in [9.17, 15) is 21.6 Å². The fraction of sp³-hybridized carbons (Fsp3) is 0.556. The Balaban J connectivity index is 2.73. The van der Waals surface area contributed by atoms with Crippen LogP contribution >= 0.6 is 0 Å². The van der Waals surface area contributed by atoms with Crippen LogP contribution < -0.4 is 5.14 Å². The van der Waals surface area contributed by atoms with Gasteiger partial charge in [-0.05, 0) is 25.3 Å². The average Bonchev–Trinajstić information content (AvgIpc) is 2.14. The van der Waals surface area contributed by atoms with Crippen molar-refractivity contribution in [1.29, 1.82) is 0 Å². The van der Waals surface area contributed by atoms with Gasteiger partial charge in [0.1, 0.15) is 0 Å². The molecule has 0 aromatic heterocycles. The third-order valence-corrected chi connectivity index (χ3v) is 3.35. The zero-order valence-electron chi connectivity index (χ0n) is 9.11. The second-order valence-corrected chi connectivity index (χ2v) is 5.47. The Hall–Kier alpha value is -1.02. The van der Waals surface area contributed by atoms with E-state index in [1.807, 2.05) is 0 Å². The minimum absolute atomic E-state index is 0.0889. The van der Waals surface area contributed by atoms with E-state index in [-0.39, 0.29) is 11.4 Å². The molecule has 1 rings (SSSR count). The first-order valence-electron chi connectivity index (χ1n) is 4.82. The van der Waals surface area contributed by atoms with Gasteiger partial charge in [0, 0.05) is 6.04 Å². The summed E-state index contributed by atoms with van der Waals surface area (Å²) in [5, 5.41) is 4.92. The summed E-state index contributed by atoms with van der Waals surface area (Å²) in [6.45, 7) is 1.25. The highest BCUT2D eigenvalue weighted by atomic mass is 32.2. The lowest BCUT2D eigenvalue weighted by Crippen LogP contribution is -2.37. The number of nitrogens with two attached hydrogens (primary N) is 1. The van der Waals surface area contributed by atoms with E-state index in [2.05, 4.69) is 0 Å². The second kappa shape index (κ2) is 4.69. The van der Waals surface area contributed by atoms with Crippen LogP contribution in [0.1, 0.15) is 13.3 Å². The molecule has 4 nitrogen and oxygen atoms in total. The van der Waals surface area contributed by atoms with E-state index in [1.165, 1.54) is 30.2 Å². The minimum atomic E-state index is -4.28. The highest BCUT2D eigenvalue weighted by Crippen LogP contribution is 2.25. The summed E-state index contributed by atoms with van der Waals surface area (Å²) in [4.78, 5) is 1.21. The normalized spacial score (nSPS) is 19.1. The molecule has 1 heterocycles. The number of allylic oxidation sites excluding steroid dienone is 2. The molecule has 0 bridgehead atoms. The fourth-order valence-electron chi connectivity index (χ4n) is 1.49. The minimum Gasteiger partial charge on any atom is -0.369 e. The molecular formula is C9H13F3N2O2S. The maximum atomic E-state index is 12.2. The average molecular weight is 270 g/mol. The van der Waals surface area contributed by atoms with E-state index < -0.39 is 28.7 Å². The zero-order chi connectivity index (χ0) is 13.3. The maximum absolute atomic E-state index is 12.2. The Bertz CT molecular complexity index is 440. The monoisotopic (exact) mass is 270 g/mol. The highest BCUT2D eigenvalue weighted by molar-refractivity contribution is 7.93. The van der Waals surface area contributed by atoms with Gasteiger partial charge in [-0.25, -0.2) is 13.6 Å². The van der Waals surface area contributed by atoms with Gasteiger partial charge in [-0.1, -0.05) is 0 Å². The first kappa shape index (κ1) is 14.0. The lowest BCUT2D eigenvalue weighted by Gasteiger charge is -2.30. The molecule has 17 heavy (non-hydrogen) atoms. The summed E-state index contributed by atoms with van der Waals surface area (Å²) in [5.41, 5.74) is 0. The van der Waals surface area contributed by atoms with E-state index in [4.69, 9.17) is 5.14 Å². The van der Waals surface area contributed by atoms with Crippen molar-refractivity contribution in [3.8, 4) is 0 Å². The van der Waals surface area contributed by atoms with Crippen LogP contribution in [0, 0.1) is 0 Å². The van der Waals surface area contributed by atoms with Gasteiger partial charge >= 0.3 is 6.18 Å². The van der Waals surface area contributed by atoms with Crippen LogP contribution in [0.2, 0.25) is 0 Å². The molecule has 8 heteroatoms. The second-order valence-electron chi connectivity index (χ2n) is 3.86. The molecular weight excluding hydrogens is 257 g/mol. The SMILES string of the molecule is CC(CC(F)(F)F)N1C=CC=C(S(N)(=O)=O)C1. The summed E-state index contributed by atoms with van der Waals surface area (Å²) < 4.78 is 58.7. The van der Waals surface area contributed by atoms with Crippen molar-refractivity contribution < 1.29 is 21.6 Å². The van der Waals surface area contributed by atoms with E-state index in [0.29, 0.717) is 0 Å². The Morgan fingerprint density at radius 2 is 2.12 bits per heavy atom. The molecule has 1 unspecified atom stereocenters. The van der Waals surface area contributed by atoms with Gasteiger partial charge in [-0.3, -0.25) is 0 Å². The molecule has 0 spiro atoms. The molecule has 0 amide bonds. The molecule has 0 radical (unpaired) electrons. The first-order chi connectivity index (χ1) is 7.59. The standard InChI is InChI=1S/C9H13F3N2O2S/c1-7(5-9(10,11)12)14-4-2-3-8(6-14)17(13,15)16/h2-4,7H,5-6H2,1H3,(H2,13,15,16). The molecule has 0 saturated heterocycles. The number of rotatable bonds is 3. The number of alkyl halides is 3. The van der Waals surface area contributed by atoms with Gasteiger partial charge in [0.25, 0.3) is 0 Å². The lowest BCUT2D eigenvalue weighted by atomic mass is 10.2. The largest absolute Gasteiger partial charge is 0.391 e. The van der Waals surface area contributed by atoms with Gasteiger partial charge < -0.3 is 4.90 Å². The number of sulfonamides is 1. The predicted octanol–water partition coefficient (Wildman–Crippen LogP) is 1.33. The number of halogens is 3. The molecule has 98 valence electrons. The van der Waals surface area contributed by atoms with E-state index in [0.717, 1.165) is 0 Å². The smallest absolute Gasteiger partial charge is 0.369 e. The van der Waals surface area contributed by atoms with Crippen LogP contribution in [0.4, 0.5) is 13.2 Å². The van der Waals surface area contributed by atoms with Gasteiger partial charge in [0.2, 0.25) is 10.0 Å². The number of primary sulfonamides is 1. The van der Waals surface area contributed by atoms with Crippen molar-refractivity contribution in [3.05, 3.63) is 23.3 Å². The van der Waals surface area contributed by atoms with Crippen LogP contribution in [-0.4, -0.2) is 32.1 Å². The molecule has 1 atom stereocenters. The maximum Gasteiger partial charge on any atom is 0.391 e. The number of hydrogen-bond acceptors (Lipinski definition) is 3. The van der Waals surface area contributed by atoms with E-state index in [1.54, 1.807) is 0 Å². The summed E-state index contributed by atoms with van der Waals surface area (Å²) in [6, 6.07) is -0.836. The van der Waals surface area contributed by atoms with Crippen molar-refractivity contribution >= 4 is 10.0 Å². The zero-order valence-corrected chi connectivity index (χ0v) is 9.92. The lowest BCUT2D eigenvalue weighted by molar-refractivity contribution is -0.143. The third kappa shape index (κ3) is 4.39. The molecule has 0 aliphatic carbocycles. The molecule has 0 saturated carbocycles. The van der Waals surface area contributed by atoms with Crippen LogP contribution in [0.15, 0.2) is 23.3 Å². The Kier molecular flexibility index (Phi) is 3.88. The molecule has 1 aliphatic rings. The molecule has 2 N–H and O–H groups in total. The van der Waals surface area contributed by atoms with Crippen LogP contribution in [0.3, 0.4) is 0 Å². The molecule has 0 aromatic carbocycles. The van der Waals surface area contributed by atoms with Gasteiger partial charge in [-0.15, -0.1) is 0 Å². The van der Waals surface area contributed by atoms with Crippen LogP contribution in [0.5, 0.6) is 0 Å². The predicted molar refractivity (Wildman–Crippen MR) is 57.2 cm³/mol. The van der Waals surface area contributed by atoms with Crippen molar-refractivity contribution in [2.45, 2.75) is 25.6 Å². The van der Waals surface area contributed by atoms with E-state index >= 15 is 0 Å². The summed E-state index contributed by atoms with van der Waals surface area (Å²) >= 11 is 0. The van der Waals surface area contributed by atoms with Gasteiger partial charge in [0.05, 0.1) is 17.9 Å². The van der Waals surface area contributed by atoms with Gasteiger partial charge in [0.15, 0.2) is 0 Å². The Morgan fingerprint density at radius 1 is 1.53 bits per heavy atom. The van der Waals surface area contributed by atoms with Crippen LogP contribution in [0.25, 0.3) is 0 Å². The van der Waals surface area contributed by atoms with Crippen molar-refractivity contribution in [2.24, 2.45) is 5.14 Å². The molecule has 1 aliphatic heterocycles. The summed E-state index contributed by atoms with van der Waals surface area (Å²) in [5.74, 6) is 0. The first-order valence-corrected chi connectivity index (χ1v) is 6.37. The molecule has 0 fully saturated rings. The summed E-state index contributed by atoms with van der Waals surface area (Å²) in [7, 11) is -3.85. The number of nitrogens with zero attached hydrogens (tertiary/aromatic N) is 1. The van der Waals surface area contributed by atoms with Gasteiger partial charge in [-0.2, -0.15) is 13.2 Å². The van der Waals surface area contributed by atoms with Crippen LogP contribution in [-0.2, 0) is 10.0 Å². The van der Waals surface area contributed by atoms with Crippen molar-refractivity contribution in [2.75, 3.05) is 6.54 Å².